The molecule has 14 heavy (non-hydrogen) atoms. The Hall–Kier alpha value is -1.55. The first-order chi connectivity index (χ1) is 6.67. The van der Waals surface area contributed by atoms with Gasteiger partial charge in [-0.1, -0.05) is 11.6 Å². The van der Waals surface area contributed by atoms with E-state index >= 15 is 0 Å². The number of anilines is 1. The maximum atomic E-state index is 10.8. The minimum absolute atomic E-state index is 0.286. The van der Waals surface area contributed by atoms with Crippen molar-refractivity contribution in [2.75, 3.05) is 12.4 Å². The molecular formula is C9H8ClNO3. The van der Waals surface area contributed by atoms with Crippen LogP contribution in [0.25, 0.3) is 0 Å². The van der Waals surface area contributed by atoms with Gasteiger partial charge in [-0.05, 0) is 18.2 Å². The maximum Gasteiger partial charge on any atom is 0.411 e. The lowest BCUT2D eigenvalue weighted by Gasteiger charge is -2.04. The highest BCUT2D eigenvalue weighted by molar-refractivity contribution is 6.33. The molecule has 0 aliphatic heterocycles. The number of benzene rings is 1. The van der Waals surface area contributed by atoms with E-state index in [4.69, 9.17) is 11.6 Å². The number of amides is 1. The summed E-state index contributed by atoms with van der Waals surface area (Å²) < 4.78 is 4.39. The molecule has 0 aliphatic carbocycles. The molecule has 74 valence electrons. The summed E-state index contributed by atoms with van der Waals surface area (Å²) in [5.41, 5.74) is 0.856. The number of rotatable bonds is 2. The van der Waals surface area contributed by atoms with Crippen molar-refractivity contribution in [2.45, 2.75) is 0 Å². The van der Waals surface area contributed by atoms with Gasteiger partial charge in [0.05, 0.1) is 12.1 Å². The summed E-state index contributed by atoms with van der Waals surface area (Å²) in [5, 5.41) is 2.71. The van der Waals surface area contributed by atoms with E-state index in [1.807, 2.05) is 0 Å². The predicted molar refractivity (Wildman–Crippen MR) is 52.9 cm³/mol. The minimum Gasteiger partial charge on any atom is -0.453 e. The Balaban J connectivity index is 2.86. The van der Waals surface area contributed by atoms with E-state index in [2.05, 4.69) is 10.1 Å². The molecule has 1 aromatic carbocycles. The van der Waals surface area contributed by atoms with Gasteiger partial charge in [0.1, 0.15) is 0 Å². The normalized spacial score (nSPS) is 9.29. The third-order valence-corrected chi connectivity index (χ3v) is 1.89. The monoisotopic (exact) mass is 213 g/mol. The van der Waals surface area contributed by atoms with Crippen molar-refractivity contribution in [3.8, 4) is 0 Å². The number of aldehydes is 1. The summed E-state index contributed by atoms with van der Waals surface area (Å²) in [5.74, 6) is 0. The van der Waals surface area contributed by atoms with Crippen LogP contribution in [0.1, 0.15) is 10.4 Å². The van der Waals surface area contributed by atoms with Gasteiger partial charge in [0.2, 0.25) is 0 Å². The van der Waals surface area contributed by atoms with Crippen molar-refractivity contribution in [1.29, 1.82) is 0 Å². The van der Waals surface area contributed by atoms with Crippen LogP contribution < -0.4 is 5.32 Å². The fraction of sp³-hybridized carbons (Fsp3) is 0.111. The fourth-order valence-corrected chi connectivity index (χ4v) is 1.09. The number of carbonyl (C=O) groups excluding carboxylic acids is 2. The molecule has 1 amide bonds. The van der Waals surface area contributed by atoms with E-state index in [9.17, 15) is 9.59 Å². The Morgan fingerprint density at radius 2 is 2.29 bits per heavy atom. The topological polar surface area (TPSA) is 55.4 Å². The van der Waals surface area contributed by atoms with Crippen molar-refractivity contribution in [2.24, 2.45) is 0 Å². The molecule has 0 unspecified atom stereocenters. The minimum atomic E-state index is -0.583. The van der Waals surface area contributed by atoms with Crippen LogP contribution in [0.4, 0.5) is 10.5 Å². The van der Waals surface area contributed by atoms with Gasteiger partial charge in [0, 0.05) is 11.3 Å². The Morgan fingerprint density at radius 3 is 2.79 bits per heavy atom. The van der Waals surface area contributed by atoms with Crippen molar-refractivity contribution in [1.82, 2.24) is 0 Å². The van der Waals surface area contributed by atoms with Crippen molar-refractivity contribution < 1.29 is 14.3 Å². The van der Waals surface area contributed by atoms with Gasteiger partial charge < -0.3 is 4.74 Å². The van der Waals surface area contributed by atoms with E-state index in [0.717, 1.165) is 0 Å². The number of carbonyl (C=O) groups is 2. The van der Waals surface area contributed by atoms with Gasteiger partial charge in [0.25, 0.3) is 0 Å². The van der Waals surface area contributed by atoms with Crippen LogP contribution in [0.2, 0.25) is 5.02 Å². The summed E-state index contributed by atoms with van der Waals surface area (Å²) in [6, 6.07) is 4.55. The van der Waals surface area contributed by atoms with Gasteiger partial charge in [-0.25, -0.2) is 4.79 Å². The van der Waals surface area contributed by atoms with Gasteiger partial charge in [0.15, 0.2) is 6.29 Å². The predicted octanol–water partition coefficient (Wildman–Crippen LogP) is 2.33. The highest BCUT2D eigenvalue weighted by atomic mass is 35.5. The van der Waals surface area contributed by atoms with Crippen LogP contribution in [0.5, 0.6) is 0 Å². The Kier molecular flexibility index (Phi) is 3.48. The van der Waals surface area contributed by atoms with Crippen LogP contribution in [0.3, 0.4) is 0 Å². The second kappa shape index (κ2) is 4.62. The quantitative estimate of drug-likeness (QED) is 0.768. The van der Waals surface area contributed by atoms with E-state index in [1.165, 1.54) is 19.2 Å². The number of hydrogen-bond donors (Lipinski definition) is 1. The number of halogens is 1. The van der Waals surface area contributed by atoms with E-state index < -0.39 is 6.09 Å². The highest BCUT2D eigenvalue weighted by Gasteiger charge is 2.03. The third-order valence-electron chi connectivity index (χ3n) is 1.56. The zero-order chi connectivity index (χ0) is 10.6. The molecule has 1 rings (SSSR count). The summed E-state index contributed by atoms with van der Waals surface area (Å²) in [7, 11) is 1.26. The Bertz CT molecular complexity index is 365. The summed E-state index contributed by atoms with van der Waals surface area (Å²) >= 11 is 5.73. The molecule has 0 atom stereocenters. The maximum absolute atomic E-state index is 10.8. The van der Waals surface area contributed by atoms with E-state index in [0.29, 0.717) is 17.5 Å². The third kappa shape index (κ3) is 2.47. The number of nitrogens with one attached hydrogen (secondary N) is 1. The number of methoxy groups -OCH3 is 1. The number of ether oxygens (including phenoxy) is 1. The highest BCUT2D eigenvalue weighted by Crippen LogP contribution is 2.19. The standard InChI is InChI=1S/C9H8ClNO3/c1-14-9(13)11-7-3-2-6(5-12)8(10)4-7/h2-5H,1H3,(H,11,13). The molecule has 0 radical (unpaired) electrons. The molecule has 1 aromatic rings. The Morgan fingerprint density at radius 1 is 1.57 bits per heavy atom. The van der Waals surface area contributed by atoms with Gasteiger partial charge in [-0.15, -0.1) is 0 Å². The summed E-state index contributed by atoms with van der Waals surface area (Å²) in [6.45, 7) is 0. The van der Waals surface area contributed by atoms with Crippen LogP contribution in [0, 0.1) is 0 Å². The molecule has 0 spiro atoms. The molecule has 0 aliphatic rings. The zero-order valence-corrected chi connectivity index (χ0v) is 8.17. The lowest BCUT2D eigenvalue weighted by molar-refractivity contribution is 0.112. The Labute approximate surface area is 85.8 Å². The lowest BCUT2D eigenvalue weighted by Crippen LogP contribution is -2.10. The molecule has 1 N–H and O–H groups in total. The smallest absolute Gasteiger partial charge is 0.411 e. The SMILES string of the molecule is COC(=O)Nc1ccc(C=O)c(Cl)c1. The zero-order valence-electron chi connectivity index (χ0n) is 7.41. The molecule has 0 saturated heterocycles. The van der Waals surface area contributed by atoms with Crippen molar-refractivity contribution in [3.63, 3.8) is 0 Å². The van der Waals surface area contributed by atoms with E-state index in [-0.39, 0.29) is 5.02 Å². The van der Waals surface area contributed by atoms with Gasteiger partial charge in [-0.3, -0.25) is 10.1 Å². The number of hydrogen-bond acceptors (Lipinski definition) is 3. The second-order valence-electron chi connectivity index (χ2n) is 2.47. The van der Waals surface area contributed by atoms with Crippen LogP contribution in [-0.2, 0) is 4.74 Å². The average Bonchev–Trinajstić information content (AvgIpc) is 2.18. The summed E-state index contributed by atoms with van der Waals surface area (Å²) in [6.07, 6.45) is 0.0597. The van der Waals surface area contributed by atoms with E-state index in [1.54, 1.807) is 6.07 Å². The van der Waals surface area contributed by atoms with Crippen LogP contribution in [0.15, 0.2) is 18.2 Å². The first kappa shape index (κ1) is 10.5. The molecule has 4 nitrogen and oxygen atoms in total. The van der Waals surface area contributed by atoms with Crippen molar-refractivity contribution >= 4 is 29.7 Å². The van der Waals surface area contributed by atoms with Gasteiger partial charge >= 0.3 is 6.09 Å². The first-order valence-electron chi connectivity index (χ1n) is 3.77. The fourth-order valence-electron chi connectivity index (χ4n) is 0.869. The van der Waals surface area contributed by atoms with Crippen LogP contribution >= 0.6 is 11.6 Å². The molecule has 0 aromatic heterocycles. The molecule has 0 bridgehead atoms. The molecule has 0 fully saturated rings. The lowest BCUT2D eigenvalue weighted by atomic mass is 10.2. The molecule has 0 heterocycles. The molecular weight excluding hydrogens is 206 g/mol. The van der Waals surface area contributed by atoms with Gasteiger partial charge in [-0.2, -0.15) is 0 Å². The largest absolute Gasteiger partial charge is 0.453 e. The van der Waals surface area contributed by atoms with Crippen molar-refractivity contribution in [3.05, 3.63) is 28.8 Å². The summed E-state index contributed by atoms with van der Waals surface area (Å²) in [4.78, 5) is 21.2. The second-order valence-corrected chi connectivity index (χ2v) is 2.88. The average molecular weight is 214 g/mol. The molecule has 5 heteroatoms. The first-order valence-corrected chi connectivity index (χ1v) is 4.15. The van der Waals surface area contributed by atoms with Crippen LogP contribution in [-0.4, -0.2) is 19.5 Å². The molecule has 0 saturated carbocycles.